The van der Waals surface area contributed by atoms with Crippen molar-refractivity contribution in [1.29, 1.82) is 0 Å². The molecule has 14 heavy (non-hydrogen) atoms. The van der Waals surface area contributed by atoms with Gasteiger partial charge in [-0.3, -0.25) is 0 Å². The van der Waals surface area contributed by atoms with Crippen molar-refractivity contribution in [2.45, 2.75) is 58.3 Å². The first-order valence-electron chi connectivity index (χ1n) is 5.87. The van der Waals surface area contributed by atoms with E-state index < -0.39 is 0 Å². The van der Waals surface area contributed by atoms with Gasteiger partial charge in [-0.15, -0.1) is 0 Å². The summed E-state index contributed by atoms with van der Waals surface area (Å²) in [4.78, 5) is 3.36. The zero-order valence-corrected chi connectivity index (χ0v) is 9.77. The third-order valence-corrected chi connectivity index (χ3v) is 3.36. The molecule has 1 heterocycles. The Labute approximate surface area is 87.9 Å². The Kier molecular flexibility index (Phi) is 4.24. The Morgan fingerprint density at radius 1 is 1.29 bits per heavy atom. The molecule has 1 aromatic heterocycles. The maximum absolute atomic E-state index is 3.36. The molecule has 1 N–H and O–H groups in total. The maximum atomic E-state index is 3.36. The predicted molar refractivity (Wildman–Crippen MR) is 62.6 cm³/mol. The van der Waals surface area contributed by atoms with E-state index in [0.717, 1.165) is 0 Å². The van der Waals surface area contributed by atoms with E-state index in [1.807, 2.05) is 6.20 Å². The van der Waals surface area contributed by atoms with Crippen molar-refractivity contribution in [1.82, 2.24) is 4.98 Å². The second-order valence-electron chi connectivity index (χ2n) is 4.46. The van der Waals surface area contributed by atoms with Crippen molar-refractivity contribution in [2.24, 2.45) is 0 Å². The molecule has 0 bridgehead atoms. The van der Waals surface area contributed by atoms with Crippen molar-refractivity contribution >= 4 is 0 Å². The summed E-state index contributed by atoms with van der Waals surface area (Å²) in [5.41, 5.74) is 1.76. The van der Waals surface area contributed by atoms with E-state index in [4.69, 9.17) is 0 Å². The molecule has 0 aromatic carbocycles. The number of aromatic amines is 1. The lowest BCUT2D eigenvalue weighted by molar-refractivity contribution is 0.389. The second-order valence-corrected chi connectivity index (χ2v) is 4.46. The molecule has 0 fully saturated rings. The van der Waals surface area contributed by atoms with Gasteiger partial charge < -0.3 is 4.98 Å². The number of rotatable bonds is 6. The minimum absolute atomic E-state index is 0.360. The van der Waals surface area contributed by atoms with Crippen LogP contribution in [-0.2, 0) is 5.41 Å². The van der Waals surface area contributed by atoms with E-state index in [0.29, 0.717) is 5.41 Å². The average molecular weight is 193 g/mol. The van der Waals surface area contributed by atoms with E-state index in [2.05, 4.69) is 37.9 Å². The highest BCUT2D eigenvalue weighted by Crippen LogP contribution is 2.31. The molecule has 1 nitrogen and oxygen atoms in total. The van der Waals surface area contributed by atoms with E-state index in [1.54, 1.807) is 0 Å². The molecule has 1 atom stereocenters. The predicted octanol–water partition coefficient (Wildman–Crippen LogP) is 4.26. The van der Waals surface area contributed by atoms with E-state index in [1.165, 1.54) is 37.8 Å². The Morgan fingerprint density at radius 3 is 2.57 bits per heavy atom. The molecule has 0 radical (unpaired) electrons. The summed E-state index contributed by atoms with van der Waals surface area (Å²) in [7, 11) is 0. The highest BCUT2D eigenvalue weighted by atomic mass is 14.7. The summed E-state index contributed by atoms with van der Waals surface area (Å²) >= 11 is 0. The standard InChI is InChI=1S/C13H23N/c1-4-6-7-10-13(3,5-2)12-9-8-11-14-12/h8-9,11,14H,4-7,10H2,1-3H3. The number of hydrogen-bond donors (Lipinski definition) is 1. The fourth-order valence-electron chi connectivity index (χ4n) is 1.97. The number of unbranched alkanes of at least 4 members (excludes halogenated alkanes) is 2. The lowest BCUT2D eigenvalue weighted by Crippen LogP contribution is -2.21. The second kappa shape index (κ2) is 5.23. The Bertz CT molecular complexity index is 238. The normalized spacial score (nSPS) is 15.4. The number of H-pyrrole nitrogens is 1. The van der Waals surface area contributed by atoms with Gasteiger partial charge in [0, 0.05) is 17.3 Å². The third kappa shape index (κ3) is 2.63. The van der Waals surface area contributed by atoms with Crippen LogP contribution < -0.4 is 0 Å². The van der Waals surface area contributed by atoms with Crippen LogP contribution in [-0.4, -0.2) is 4.98 Å². The summed E-state index contributed by atoms with van der Waals surface area (Å²) in [6.45, 7) is 6.92. The first-order chi connectivity index (χ1) is 6.73. The summed E-state index contributed by atoms with van der Waals surface area (Å²) in [6, 6.07) is 4.32. The quantitative estimate of drug-likeness (QED) is 0.650. The number of hydrogen-bond acceptors (Lipinski definition) is 0. The summed E-state index contributed by atoms with van der Waals surface area (Å²) < 4.78 is 0. The molecule has 80 valence electrons. The fraction of sp³-hybridized carbons (Fsp3) is 0.692. The fourth-order valence-corrected chi connectivity index (χ4v) is 1.97. The zero-order chi connectivity index (χ0) is 10.4. The van der Waals surface area contributed by atoms with Crippen LogP contribution in [0.3, 0.4) is 0 Å². The first kappa shape index (κ1) is 11.4. The molecule has 0 aliphatic rings. The van der Waals surface area contributed by atoms with Crippen molar-refractivity contribution in [2.75, 3.05) is 0 Å². The van der Waals surface area contributed by atoms with Gasteiger partial charge in [-0.1, -0.05) is 40.0 Å². The van der Waals surface area contributed by atoms with E-state index in [9.17, 15) is 0 Å². The minimum atomic E-state index is 0.360. The van der Waals surface area contributed by atoms with Gasteiger partial charge in [0.1, 0.15) is 0 Å². The van der Waals surface area contributed by atoms with Gasteiger partial charge in [0.2, 0.25) is 0 Å². The zero-order valence-electron chi connectivity index (χ0n) is 9.77. The highest BCUT2D eigenvalue weighted by Gasteiger charge is 2.24. The first-order valence-corrected chi connectivity index (χ1v) is 5.87. The monoisotopic (exact) mass is 193 g/mol. The van der Waals surface area contributed by atoms with Crippen LogP contribution in [0.5, 0.6) is 0 Å². The molecule has 1 rings (SSSR count). The van der Waals surface area contributed by atoms with E-state index in [-0.39, 0.29) is 0 Å². The molecule has 0 aliphatic heterocycles. The van der Waals surface area contributed by atoms with Gasteiger partial charge in [0.25, 0.3) is 0 Å². The van der Waals surface area contributed by atoms with Crippen molar-refractivity contribution in [3.05, 3.63) is 24.0 Å². The Morgan fingerprint density at radius 2 is 2.07 bits per heavy atom. The van der Waals surface area contributed by atoms with Crippen LogP contribution in [0.15, 0.2) is 18.3 Å². The molecule has 1 unspecified atom stereocenters. The molecule has 1 heteroatoms. The largest absolute Gasteiger partial charge is 0.365 e. The molecular weight excluding hydrogens is 170 g/mol. The smallest absolute Gasteiger partial charge is 0.0207 e. The molecule has 0 aliphatic carbocycles. The van der Waals surface area contributed by atoms with Gasteiger partial charge in [-0.2, -0.15) is 0 Å². The minimum Gasteiger partial charge on any atom is -0.365 e. The third-order valence-electron chi connectivity index (χ3n) is 3.36. The van der Waals surface area contributed by atoms with Crippen LogP contribution >= 0.6 is 0 Å². The van der Waals surface area contributed by atoms with Crippen LogP contribution in [0.4, 0.5) is 0 Å². The Hall–Kier alpha value is -0.720. The van der Waals surface area contributed by atoms with Gasteiger partial charge in [-0.25, -0.2) is 0 Å². The SMILES string of the molecule is CCCCCC(C)(CC)c1ccc[nH]1. The lowest BCUT2D eigenvalue weighted by Gasteiger charge is -2.27. The number of aromatic nitrogens is 1. The summed E-state index contributed by atoms with van der Waals surface area (Å²) in [5.74, 6) is 0. The van der Waals surface area contributed by atoms with Crippen molar-refractivity contribution < 1.29 is 0 Å². The van der Waals surface area contributed by atoms with E-state index >= 15 is 0 Å². The van der Waals surface area contributed by atoms with Crippen LogP contribution in [0.25, 0.3) is 0 Å². The van der Waals surface area contributed by atoms with Crippen LogP contribution in [0, 0.1) is 0 Å². The molecule has 0 spiro atoms. The molecule has 0 amide bonds. The average Bonchev–Trinajstić information content (AvgIpc) is 2.71. The molecule has 0 saturated carbocycles. The maximum Gasteiger partial charge on any atom is 0.0207 e. The van der Waals surface area contributed by atoms with Crippen LogP contribution in [0.2, 0.25) is 0 Å². The highest BCUT2D eigenvalue weighted by molar-refractivity contribution is 5.15. The number of nitrogens with one attached hydrogen (secondary N) is 1. The van der Waals surface area contributed by atoms with Crippen molar-refractivity contribution in [3.63, 3.8) is 0 Å². The molecule has 1 aromatic rings. The topological polar surface area (TPSA) is 15.8 Å². The van der Waals surface area contributed by atoms with Crippen molar-refractivity contribution in [3.8, 4) is 0 Å². The van der Waals surface area contributed by atoms with Gasteiger partial charge >= 0.3 is 0 Å². The van der Waals surface area contributed by atoms with Gasteiger partial charge in [0.05, 0.1) is 0 Å². The van der Waals surface area contributed by atoms with Gasteiger partial charge in [-0.05, 0) is 25.0 Å². The Balaban J connectivity index is 2.57. The van der Waals surface area contributed by atoms with Gasteiger partial charge in [0.15, 0.2) is 0 Å². The lowest BCUT2D eigenvalue weighted by atomic mass is 9.79. The summed E-state index contributed by atoms with van der Waals surface area (Å²) in [6.07, 6.45) is 8.57. The van der Waals surface area contributed by atoms with Crippen LogP contribution in [0.1, 0.15) is 58.6 Å². The molecular formula is C13H23N. The molecule has 0 saturated heterocycles. The summed E-state index contributed by atoms with van der Waals surface area (Å²) in [5, 5.41) is 0.